The molecular formula is C27H23ClN2O3S. The van der Waals surface area contributed by atoms with Crippen molar-refractivity contribution in [1.82, 2.24) is 4.31 Å². The van der Waals surface area contributed by atoms with E-state index in [4.69, 9.17) is 16.3 Å². The lowest BCUT2D eigenvalue weighted by molar-refractivity contribution is 0.305. The van der Waals surface area contributed by atoms with Crippen molar-refractivity contribution < 1.29 is 13.2 Å². The predicted molar refractivity (Wildman–Crippen MR) is 134 cm³/mol. The molecule has 1 atom stereocenters. The van der Waals surface area contributed by atoms with Gasteiger partial charge in [0.1, 0.15) is 23.4 Å². The first-order valence-corrected chi connectivity index (χ1v) is 12.7. The van der Waals surface area contributed by atoms with Crippen LogP contribution in [0, 0.1) is 0 Å². The Labute approximate surface area is 204 Å². The number of fused-ring (bicyclic) bond motifs is 1. The second-order valence-corrected chi connectivity index (χ2v) is 10.4. The molecule has 0 saturated heterocycles. The fourth-order valence-corrected chi connectivity index (χ4v) is 5.92. The van der Waals surface area contributed by atoms with Gasteiger partial charge in [0.05, 0.1) is 5.69 Å². The summed E-state index contributed by atoms with van der Waals surface area (Å²) in [5, 5.41) is 4.08. The third-order valence-electron chi connectivity index (χ3n) is 5.73. The number of anilines is 1. The standard InChI is InChI=1S/C27H23ClN2O3S/c28-23-10-6-9-21(17-23)19-33-24-15-13-22(14-16-24)27-29-25-11-4-5-12-26(25)34(31,32)30(27)18-20-7-2-1-3-8-20/h1-17,27,29H,18-19H2. The number of sulfonamides is 1. The Balaban J connectivity index is 1.43. The van der Waals surface area contributed by atoms with Crippen molar-refractivity contribution in [3.05, 3.63) is 125 Å². The summed E-state index contributed by atoms with van der Waals surface area (Å²) in [5.74, 6) is 0.692. The van der Waals surface area contributed by atoms with Gasteiger partial charge in [-0.15, -0.1) is 0 Å². The number of nitrogens with one attached hydrogen (secondary N) is 1. The number of halogens is 1. The average Bonchev–Trinajstić information content (AvgIpc) is 2.86. The van der Waals surface area contributed by atoms with Crippen LogP contribution in [0.5, 0.6) is 5.75 Å². The minimum atomic E-state index is -3.71. The van der Waals surface area contributed by atoms with Crippen LogP contribution in [0.1, 0.15) is 22.9 Å². The Morgan fingerprint density at radius 2 is 1.53 bits per heavy atom. The number of ether oxygens (including phenoxy) is 1. The topological polar surface area (TPSA) is 58.6 Å². The van der Waals surface area contributed by atoms with E-state index in [1.807, 2.05) is 84.9 Å². The Morgan fingerprint density at radius 1 is 0.824 bits per heavy atom. The summed E-state index contributed by atoms with van der Waals surface area (Å²) in [7, 11) is -3.71. The highest BCUT2D eigenvalue weighted by atomic mass is 35.5. The molecule has 4 aromatic rings. The van der Waals surface area contributed by atoms with E-state index in [9.17, 15) is 8.42 Å². The molecule has 172 valence electrons. The van der Waals surface area contributed by atoms with Crippen LogP contribution in [0.2, 0.25) is 5.02 Å². The molecule has 0 saturated carbocycles. The first kappa shape index (κ1) is 22.5. The minimum Gasteiger partial charge on any atom is -0.489 e. The van der Waals surface area contributed by atoms with Gasteiger partial charge in [-0.2, -0.15) is 4.31 Å². The van der Waals surface area contributed by atoms with Gasteiger partial charge in [0.2, 0.25) is 10.0 Å². The summed E-state index contributed by atoms with van der Waals surface area (Å²) < 4.78 is 34.6. The Bertz CT molecular complexity index is 1390. The van der Waals surface area contributed by atoms with Gasteiger partial charge >= 0.3 is 0 Å². The van der Waals surface area contributed by atoms with Gasteiger partial charge < -0.3 is 10.1 Å². The highest BCUT2D eigenvalue weighted by Gasteiger charge is 2.38. The summed E-state index contributed by atoms with van der Waals surface area (Å²) in [4.78, 5) is 0.281. The van der Waals surface area contributed by atoms with E-state index in [1.54, 1.807) is 18.2 Å². The van der Waals surface area contributed by atoms with Crippen LogP contribution in [0.25, 0.3) is 0 Å². The van der Waals surface area contributed by atoms with Crippen LogP contribution in [0.3, 0.4) is 0 Å². The second-order valence-electron chi connectivity index (χ2n) is 8.07. The third-order valence-corrected chi connectivity index (χ3v) is 7.83. The first-order valence-electron chi connectivity index (χ1n) is 10.9. The molecule has 0 amide bonds. The lowest BCUT2D eigenvalue weighted by Crippen LogP contribution is -2.42. The maximum Gasteiger partial charge on any atom is 0.247 e. The Hall–Kier alpha value is -3.32. The van der Waals surface area contributed by atoms with Gasteiger partial charge in [-0.3, -0.25) is 0 Å². The second kappa shape index (κ2) is 9.50. The normalized spacial score (nSPS) is 16.9. The van der Waals surface area contributed by atoms with Crippen molar-refractivity contribution in [2.75, 3.05) is 5.32 Å². The van der Waals surface area contributed by atoms with Crippen LogP contribution >= 0.6 is 11.6 Å². The number of hydrogen-bond donors (Lipinski definition) is 1. The number of nitrogens with zero attached hydrogens (tertiary/aromatic N) is 1. The van der Waals surface area contributed by atoms with E-state index in [-0.39, 0.29) is 11.4 Å². The molecule has 1 aliphatic heterocycles. The van der Waals surface area contributed by atoms with Crippen molar-refractivity contribution in [3.63, 3.8) is 0 Å². The molecule has 1 heterocycles. The van der Waals surface area contributed by atoms with Crippen LogP contribution in [0.4, 0.5) is 5.69 Å². The summed E-state index contributed by atoms with van der Waals surface area (Å²) in [6.07, 6.45) is -0.554. The molecule has 0 spiro atoms. The summed E-state index contributed by atoms with van der Waals surface area (Å²) >= 11 is 6.05. The van der Waals surface area contributed by atoms with Crippen molar-refractivity contribution in [1.29, 1.82) is 0 Å². The minimum absolute atomic E-state index is 0.252. The van der Waals surface area contributed by atoms with Crippen LogP contribution in [-0.4, -0.2) is 12.7 Å². The van der Waals surface area contributed by atoms with E-state index >= 15 is 0 Å². The molecule has 34 heavy (non-hydrogen) atoms. The Morgan fingerprint density at radius 3 is 2.29 bits per heavy atom. The number of rotatable bonds is 6. The van der Waals surface area contributed by atoms with E-state index in [0.29, 0.717) is 23.1 Å². The van der Waals surface area contributed by atoms with Gasteiger partial charge in [0.15, 0.2) is 0 Å². The molecule has 5 rings (SSSR count). The number of hydrogen-bond acceptors (Lipinski definition) is 4. The van der Waals surface area contributed by atoms with Crippen molar-refractivity contribution in [3.8, 4) is 5.75 Å². The molecular weight excluding hydrogens is 468 g/mol. The van der Waals surface area contributed by atoms with E-state index in [2.05, 4.69) is 5.32 Å². The number of benzene rings is 4. The largest absolute Gasteiger partial charge is 0.489 e. The summed E-state index contributed by atoms with van der Waals surface area (Å²) in [6, 6.07) is 31.6. The van der Waals surface area contributed by atoms with Gasteiger partial charge in [0, 0.05) is 11.6 Å². The van der Waals surface area contributed by atoms with Crippen LogP contribution in [0.15, 0.2) is 108 Å². The first-order chi connectivity index (χ1) is 16.5. The molecule has 0 bridgehead atoms. The smallest absolute Gasteiger partial charge is 0.247 e. The fourth-order valence-electron chi connectivity index (χ4n) is 4.02. The molecule has 7 heteroatoms. The average molecular weight is 491 g/mol. The van der Waals surface area contributed by atoms with E-state index in [1.165, 1.54) is 4.31 Å². The zero-order valence-electron chi connectivity index (χ0n) is 18.3. The molecule has 1 aliphatic rings. The molecule has 5 nitrogen and oxygen atoms in total. The molecule has 1 N–H and O–H groups in total. The molecule has 0 aromatic heterocycles. The van der Waals surface area contributed by atoms with E-state index in [0.717, 1.165) is 16.7 Å². The molecule has 0 aliphatic carbocycles. The lowest BCUT2D eigenvalue weighted by atomic mass is 10.1. The van der Waals surface area contributed by atoms with Gasteiger partial charge in [0.25, 0.3) is 0 Å². The zero-order chi connectivity index (χ0) is 23.5. The summed E-state index contributed by atoms with van der Waals surface area (Å²) in [6.45, 7) is 0.645. The van der Waals surface area contributed by atoms with Gasteiger partial charge in [-0.1, -0.05) is 78.3 Å². The lowest BCUT2D eigenvalue weighted by Gasteiger charge is -2.37. The highest BCUT2D eigenvalue weighted by Crippen LogP contribution is 2.39. The van der Waals surface area contributed by atoms with Gasteiger partial charge in [-0.25, -0.2) is 8.42 Å². The van der Waals surface area contributed by atoms with Gasteiger partial charge in [-0.05, 0) is 53.1 Å². The highest BCUT2D eigenvalue weighted by molar-refractivity contribution is 7.89. The molecule has 4 aromatic carbocycles. The quantitative estimate of drug-likeness (QED) is 0.348. The monoisotopic (exact) mass is 490 g/mol. The predicted octanol–water partition coefficient (Wildman–Crippen LogP) is 6.23. The maximum absolute atomic E-state index is 13.6. The van der Waals surface area contributed by atoms with Crippen LogP contribution < -0.4 is 10.1 Å². The Kier molecular flexibility index (Phi) is 6.28. The maximum atomic E-state index is 13.6. The zero-order valence-corrected chi connectivity index (χ0v) is 19.8. The third kappa shape index (κ3) is 4.66. The number of para-hydroxylation sites is 1. The van der Waals surface area contributed by atoms with E-state index < -0.39 is 16.2 Å². The SMILES string of the molecule is O=S1(=O)c2ccccc2NC(c2ccc(OCc3cccc(Cl)c3)cc2)N1Cc1ccccc1. The fraction of sp³-hybridized carbons (Fsp3) is 0.111. The van der Waals surface area contributed by atoms with Crippen LogP contribution in [-0.2, 0) is 23.2 Å². The molecule has 0 fully saturated rings. The summed E-state index contributed by atoms with van der Waals surface area (Å²) in [5.41, 5.74) is 3.31. The van der Waals surface area contributed by atoms with Crippen molar-refractivity contribution >= 4 is 27.3 Å². The van der Waals surface area contributed by atoms with Crippen molar-refractivity contribution in [2.24, 2.45) is 0 Å². The molecule has 0 radical (unpaired) electrons. The van der Waals surface area contributed by atoms with Crippen molar-refractivity contribution in [2.45, 2.75) is 24.2 Å². The molecule has 1 unspecified atom stereocenters.